The molecule has 1 aliphatic rings. The number of hydrogen-bond acceptors (Lipinski definition) is 4. The fraction of sp³-hybridized carbons (Fsp3) is 0.381. The SMILES string of the molecule is Cc1cc2ncc3c(n2n1)CCN(C(=O)Cc1ccc(SC(C)C)cc1)C3. The molecule has 0 atom stereocenters. The van der Waals surface area contributed by atoms with Crippen LogP contribution in [0.1, 0.15) is 36.4 Å². The van der Waals surface area contributed by atoms with Gasteiger partial charge in [-0.2, -0.15) is 5.10 Å². The van der Waals surface area contributed by atoms with Crippen LogP contribution < -0.4 is 0 Å². The number of aryl methyl sites for hydroxylation is 1. The standard InChI is InChI=1S/C21H24N4OS/c1-14(2)27-18-6-4-16(5-7-18)11-21(26)24-9-8-19-17(13-24)12-22-20-10-15(3)23-25(19)20/h4-7,10,12,14H,8-9,11,13H2,1-3H3. The molecule has 0 aliphatic carbocycles. The van der Waals surface area contributed by atoms with Gasteiger partial charge in [0.05, 0.1) is 17.8 Å². The Morgan fingerprint density at radius 2 is 2.04 bits per heavy atom. The molecule has 0 fully saturated rings. The zero-order valence-electron chi connectivity index (χ0n) is 16.0. The van der Waals surface area contributed by atoms with Crippen LogP contribution in [-0.4, -0.2) is 37.2 Å². The maximum absolute atomic E-state index is 12.8. The molecule has 140 valence electrons. The molecular formula is C21H24N4OS. The van der Waals surface area contributed by atoms with Gasteiger partial charge in [0.25, 0.3) is 0 Å². The summed E-state index contributed by atoms with van der Waals surface area (Å²) in [7, 11) is 0. The number of thioether (sulfide) groups is 1. The molecule has 0 bridgehead atoms. The second kappa shape index (κ2) is 7.35. The predicted octanol–water partition coefficient (Wildman–Crippen LogP) is 3.67. The van der Waals surface area contributed by atoms with E-state index in [2.05, 4.69) is 48.2 Å². The number of rotatable bonds is 4. The molecule has 0 saturated heterocycles. The van der Waals surface area contributed by atoms with E-state index in [4.69, 9.17) is 0 Å². The summed E-state index contributed by atoms with van der Waals surface area (Å²) in [6.07, 6.45) is 3.15. The first-order valence-electron chi connectivity index (χ1n) is 9.36. The average molecular weight is 381 g/mol. The quantitative estimate of drug-likeness (QED) is 0.648. The van der Waals surface area contributed by atoms with Gasteiger partial charge in [-0.3, -0.25) is 4.79 Å². The Balaban J connectivity index is 1.45. The van der Waals surface area contributed by atoms with Crippen molar-refractivity contribution < 1.29 is 4.79 Å². The first-order valence-corrected chi connectivity index (χ1v) is 10.2. The van der Waals surface area contributed by atoms with Gasteiger partial charge in [0, 0.05) is 47.5 Å². The van der Waals surface area contributed by atoms with Crippen LogP contribution in [0.25, 0.3) is 5.65 Å². The summed E-state index contributed by atoms with van der Waals surface area (Å²) in [5, 5.41) is 5.10. The molecule has 0 spiro atoms. The molecule has 27 heavy (non-hydrogen) atoms. The van der Waals surface area contributed by atoms with Gasteiger partial charge in [0.1, 0.15) is 0 Å². The summed E-state index contributed by atoms with van der Waals surface area (Å²) < 4.78 is 1.93. The Hall–Kier alpha value is -2.34. The third-order valence-corrected chi connectivity index (χ3v) is 5.79. The fourth-order valence-corrected chi connectivity index (χ4v) is 4.35. The lowest BCUT2D eigenvalue weighted by atomic mass is 10.1. The number of fused-ring (bicyclic) bond motifs is 3. The number of hydrogen-bond donors (Lipinski definition) is 0. The van der Waals surface area contributed by atoms with Crippen LogP contribution in [0.2, 0.25) is 0 Å². The van der Waals surface area contributed by atoms with E-state index in [1.165, 1.54) is 10.6 Å². The van der Waals surface area contributed by atoms with Gasteiger partial charge in [-0.05, 0) is 24.6 Å². The van der Waals surface area contributed by atoms with Gasteiger partial charge < -0.3 is 4.90 Å². The summed E-state index contributed by atoms with van der Waals surface area (Å²) in [6, 6.07) is 10.3. The first-order chi connectivity index (χ1) is 13.0. The van der Waals surface area contributed by atoms with Crippen molar-refractivity contribution in [2.45, 2.75) is 50.3 Å². The highest BCUT2D eigenvalue weighted by Crippen LogP contribution is 2.24. The van der Waals surface area contributed by atoms with Crippen molar-refractivity contribution >= 4 is 23.3 Å². The summed E-state index contributed by atoms with van der Waals surface area (Å²) in [5.74, 6) is 0.168. The summed E-state index contributed by atoms with van der Waals surface area (Å²) in [4.78, 5) is 20.5. The second-order valence-corrected chi connectivity index (χ2v) is 8.99. The summed E-state index contributed by atoms with van der Waals surface area (Å²) >= 11 is 1.84. The molecule has 1 aliphatic heterocycles. The van der Waals surface area contributed by atoms with E-state index in [-0.39, 0.29) is 5.91 Å². The topological polar surface area (TPSA) is 50.5 Å². The first kappa shape index (κ1) is 18.0. The maximum Gasteiger partial charge on any atom is 0.227 e. The minimum atomic E-state index is 0.168. The largest absolute Gasteiger partial charge is 0.338 e. The van der Waals surface area contributed by atoms with Gasteiger partial charge in [0.2, 0.25) is 5.91 Å². The molecule has 0 saturated carbocycles. The highest BCUT2D eigenvalue weighted by atomic mass is 32.2. The minimum absolute atomic E-state index is 0.168. The summed E-state index contributed by atoms with van der Waals surface area (Å²) in [6.45, 7) is 7.68. The molecule has 2 aromatic heterocycles. The van der Waals surface area contributed by atoms with Crippen LogP contribution in [0.15, 0.2) is 41.4 Å². The van der Waals surface area contributed by atoms with E-state index in [9.17, 15) is 4.79 Å². The van der Waals surface area contributed by atoms with E-state index in [0.29, 0.717) is 18.2 Å². The molecule has 1 amide bonds. The van der Waals surface area contributed by atoms with E-state index >= 15 is 0 Å². The van der Waals surface area contributed by atoms with Crippen molar-refractivity contribution in [2.24, 2.45) is 0 Å². The Kier molecular flexibility index (Phi) is 4.91. The predicted molar refractivity (Wildman–Crippen MR) is 108 cm³/mol. The lowest BCUT2D eigenvalue weighted by Gasteiger charge is -2.29. The van der Waals surface area contributed by atoms with Gasteiger partial charge in [0.15, 0.2) is 5.65 Å². The number of nitrogens with zero attached hydrogens (tertiary/aromatic N) is 4. The molecule has 0 radical (unpaired) electrons. The van der Waals surface area contributed by atoms with Crippen molar-refractivity contribution in [3.8, 4) is 0 Å². The van der Waals surface area contributed by atoms with Gasteiger partial charge >= 0.3 is 0 Å². The Labute approximate surface area is 163 Å². The van der Waals surface area contributed by atoms with E-state index in [0.717, 1.165) is 35.4 Å². The molecule has 5 nitrogen and oxygen atoms in total. The van der Waals surface area contributed by atoms with Crippen molar-refractivity contribution in [1.29, 1.82) is 0 Å². The Morgan fingerprint density at radius 1 is 1.26 bits per heavy atom. The zero-order chi connectivity index (χ0) is 19.0. The normalized spacial score (nSPS) is 14.0. The lowest BCUT2D eigenvalue weighted by molar-refractivity contribution is -0.131. The van der Waals surface area contributed by atoms with Crippen molar-refractivity contribution in [3.05, 3.63) is 59.0 Å². The molecule has 0 N–H and O–H groups in total. The third-order valence-electron chi connectivity index (χ3n) is 4.77. The average Bonchev–Trinajstić information content (AvgIpc) is 3.03. The molecule has 0 unspecified atom stereocenters. The lowest BCUT2D eigenvalue weighted by Crippen LogP contribution is -2.37. The maximum atomic E-state index is 12.8. The molecule has 4 rings (SSSR count). The van der Waals surface area contributed by atoms with Crippen molar-refractivity contribution in [2.75, 3.05) is 6.54 Å². The number of carbonyl (C=O) groups is 1. The van der Waals surface area contributed by atoms with Crippen LogP contribution in [0.4, 0.5) is 0 Å². The van der Waals surface area contributed by atoms with E-state index in [1.54, 1.807) is 0 Å². The number of aromatic nitrogens is 3. The third kappa shape index (κ3) is 3.86. The Morgan fingerprint density at radius 3 is 2.78 bits per heavy atom. The minimum Gasteiger partial charge on any atom is -0.338 e. The van der Waals surface area contributed by atoms with Gasteiger partial charge in [-0.25, -0.2) is 9.50 Å². The van der Waals surface area contributed by atoms with Crippen molar-refractivity contribution in [3.63, 3.8) is 0 Å². The molecule has 3 heterocycles. The van der Waals surface area contributed by atoms with Crippen molar-refractivity contribution in [1.82, 2.24) is 19.5 Å². The van der Waals surface area contributed by atoms with Crippen LogP contribution in [-0.2, 0) is 24.2 Å². The molecule has 1 aromatic carbocycles. The molecular weight excluding hydrogens is 356 g/mol. The van der Waals surface area contributed by atoms with Crippen LogP contribution in [0, 0.1) is 6.92 Å². The monoisotopic (exact) mass is 380 g/mol. The summed E-state index contributed by atoms with van der Waals surface area (Å²) in [5.41, 5.74) is 5.18. The number of carbonyl (C=O) groups excluding carboxylic acids is 1. The number of benzene rings is 1. The highest BCUT2D eigenvalue weighted by molar-refractivity contribution is 7.99. The second-order valence-electron chi connectivity index (χ2n) is 7.34. The van der Waals surface area contributed by atoms with Crippen LogP contribution >= 0.6 is 11.8 Å². The zero-order valence-corrected chi connectivity index (χ0v) is 16.8. The van der Waals surface area contributed by atoms with Crippen LogP contribution in [0.5, 0.6) is 0 Å². The van der Waals surface area contributed by atoms with E-state index in [1.807, 2.05) is 40.4 Å². The number of amides is 1. The van der Waals surface area contributed by atoms with Gasteiger partial charge in [-0.15, -0.1) is 11.8 Å². The van der Waals surface area contributed by atoms with E-state index < -0.39 is 0 Å². The molecule has 6 heteroatoms. The molecule has 3 aromatic rings. The Bertz CT molecular complexity index is 978. The smallest absolute Gasteiger partial charge is 0.227 e. The highest BCUT2D eigenvalue weighted by Gasteiger charge is 2.23. The van der Waals surface area contributed by atoms with Crippen LogP contribution in [0.3, 0.4) is 0 Å². The van der Waals surface area contributed by atoms with Gasteiger partial charge in [-0.1, -0.05) is 26.0 Å². The fourth-order valence-electron chi connectivity index (χ4n) is 3.51.